The molecule has 0 saturated heterocycles. The Labute approximate surface area is 127 Å². The van der Waals surface area contributed by atoms with Crippen molar-refractivity contribution < 1.29 is 14.6 Å². The summed E-state index contributed by atoms with van der Waals surface area (Å²) >= 11 is 3.41. The lowest BCUT2D eigenvalue weighted by Gasteiger charge is -2.15. The lowest BCUT2D eigenvalue weighted by atomic mass is 10.1. The van der Waals surface area contributed by atoms with Crippen molar-refractivity contribution in [3.8, 4) is 11.5 Å². The van der Waals surface area contributed by atoms with Crippen molar-refractivity contribution in [1.82, 2.24) is 0 Å². The molecule has 0 radical (unpaired) electrons. The van der Waals surface area contributed by atoms with E-state index in [2.05, 4.69) is 15.9 Å². The lowest BCUT2D eigenvalue weighted by Crippen LogP contribution is -2.02. The van der Waals surface area contributed by atoms with Crippen molar-refractivity contribution in [2.24, 2.45) is 0 Å². The number of aliphatic hydroxyl groups excluding tert-OH is 1. The summed E-state index contributed by atoms with van der Waals surface area (Å²) in [5.41, 5.74) is 1.73. The Balaban J connectivity index is 2.20. The summed E-state index contributed by atoms with van der Waals surface area (Å²) in [6, 6.07) is 13.3. The minimum atomic E-state index is -0.573. The molecule has 0 bridgehead atoms. The van der Waals surface area contributed by atoms with Gasteiger partial charge in [0.25, 0.3) is 0 Å². The average molecular weight is 337 g/mol. The van der Waals surface area contributed by atoms with Gasteiger partial charge in [-0.15, -0.1) is 0 Å². The normalized spacial score (nSPS) is 12.0. The Morgan fingerprint density at radius 3 is 2.60 bits per heavy atom. The monoisotopic (exact) mass is 336 g/mol. The summed E-state index contributed by atoms with van der Waals surface area (Å²) in [4.78, 5) is 0. The van der Waals surface area contributed by atoms with E-state index in [9.17, 15) is 5.11 Å². The highest BCUT2D eigenvalue weighted by atomic mass is 79.9. The van der Waals surface area contributed by atoms with Crippen LogP contribution in [0.15, 0.2) is 46.9 Å². The molecule has 0 fully saturated rings. The summed E-state index contributed by atoms with van der Waals surface area (Å²) in [6.45, 7) is 2.11. The Kier molecular flexibility index (Phi) is 5.04. The predicted molar refractivity (Wildman–Crippen MR) is 82.1 cm³/mol. The number of benzene rings is 2. The zero-order valence-electron chi connectivity index (χ0n) is 11.5. The first-order valence-electron chi connectivity index (χ1n) is 6.34. The number of methoxy groups -OCH3 is 1. The van der Waals surface area contributed by atoms with Gasteiger partial charge >= 0.3 is 0 Å². The molecule has 0 spiro atoms. The largest absolute Gasteiger partial charge is 0.496 e. The van der Waals surface area contributed by atoms with Crippen LogP contribution in [0.4, 0.5) is 0 Å². The molecule has 0 aliphatic carbocycles. The molecule has 2 aromatic carbocycles. The average Bonchev–Trinajstić information content (AvgIpc) is 2.45. The van der Waals surface area contributed by atoms with Crippen LogP contribution in [-0.2, 0) is 6.61 Å². The SMILES string of the molecule is COc1ccccc1COc1cc(Br)ccc1C(C)O. The van der Waals surface area contributed by atoms with Crippen molar-refractivity contribution in [3.63, 3.8) is 0 Å². The molecule has 0 saturated carbocycles. The summed E-state index contributed by atoms with van der Waals surface area (Å²) in [5.74, 6) is 1.46. The first-order chi connectivity index (χ1) is 9.61. The minimum Gasteiger partial charge on any atom is -0.496 e. The predicted octanol–water partition coefficient (Wildman–Crippen LogP) is 4.09. The van der Waals surface area contributed by atoms with Crippen LogP contribution >= 0.6 is 15.9 Å². The zero-order valence-corrected chi connectivity index (χ0v) is 13.1. The van der Waals surface area contributed by atoms with Gasteiger partial charge in [0.15, 0.2) is 0 Å². The van der Waals surface area contributed by atoms with Crippen molar-refractivity contribution in [2.45, 2.75) is 19.6 Å². The molecule has 4 heteroatoms. The summed E-state index contributed by atoms with van der Waals surface area (Å²) in [5, 5.41) is 9.77. The first kappa shape index (κ1) is 14.9. The molecule has 1 atom stereocenters. The van der Waals surface area contributed by atoms with Gasteiger partial charge in [0.1, 0.15) is 18.1 Å². The van der Waals surface area contributed by atoms with Gasteiger partial charge < -0.3 is 14.6 Å². The Morgan fingerprint density at radius 1 is 1.15 bits per heavy atom. The van der Waals surface area contributed by atoms with Gasteiger partial charge in [0.2, 0.25) is 0 Å². The molecule has 20 heavy (non-hydrogen) atoms. The van der Waals surface area contributed by atoms with E-state index in [4.69, 9.17) is 9.47 Å². The fourth-order valence-corrected chi connectivity index (χ4v) is 2.30. The zero-order chi connectivity index (χ0) is 14.5. The highest BCUT2D eigenvalue weighted by Crippen LogP contribution is 2.30. The van der Waals surface area contributed by atoms with Crippen LogP contribution in [0.1, 0.15) is 24.2 Å². The van der Waals surface area contributed by atoms with E-state index in [0.717, 1.165) is 21.3 Å². The Hall–Kier alpha value is -1.52. The molecule has 106 valence electrons. The molecule has 0 aromatic heterocycles. The maximum Gasteiger partial charge on any atom is 0.126 e. The second kappa shape index (κ2) is 6.77. The van der Waals surface area contributed by atoms with E-state index >= 15 is 0 Å². The highest BCUT2D eigenvalue weighted by molar-refractivity contribution is 9.10. The van der Waals surface area contributed by atoms with Gasteiger partial charge in [0, 0.05) is 15.6 Å². The van der Waals surface area contributed by atoms with E-state index in [1.54, 1.807) is 14.0 Å². The van der Waals surface area contributed by atoms with E-state index < -0.39 is 6.10 Å². The third kappa shape index (κ3) is 3.52. The lowest BCUT2D eigenvalue weighted by molar-refractivity contribution is 0.190. The van der Waals surface area contributed by atoms with Crippen molar-refractivity contribution in [2.75, 3.05) is 7.11 Å². The maximum absolute atomic E-state index is 9.77. The van der Waals surface area contributed by atoms with Crippen molar-refractivity contribution in [3.05, 3.63) is 58.1 Å². The third-order valence-electron chi connectivity index (χ3n) is 3.00. The van der Waals surface area contributed by atoms with Gasteiger partial charge in [0.05, 0.1) is 13.2 Å². The number of ether oxygens (including phenoxy) is 2. The second-order valence-electron chi connectivity index (χ2n) is 4.46. The number of aliphatic hydroxyl groups is 1. The van der Waals surface area contributed by atoms with Crippen LogP contribution in [0.2, 0.25) is 0 Å². The first-order valence-corrected chi connectivity index (χ1v) is 7.13. The standard InChI is InChI=1S/C16H17BrO3/c1-11(18)14-8-7-13(17)9-16(14)20-10-12-5-3-4-6-15(12)19-2/h3-9,11,18H,10H2,1-2H3. The van der Waals surface area contributed by atoms with Crippen LogP contribution < -0.4 is 9.47 Å². The maximum atomic E-state index is 9.77. The summed E-state index contributed by atoms with van der Waals surface area (Å²) in [7, 11) is 1.64. The molecular formula is C16H17BrO3. The number of rotatable bonds is 5. The van der Waals surface area contributed by atoms with Gasteiger partial charge in [-0.05, 0) is 25.1 Å². The van der Waals surface area contributed by atoms with Gasteiger partial charge in [-0.1, -0.05) is 40.2 Å². The van der Waals surface area contributed by atoms with Crippen molar-refractivity contribution >= 4 is 15.9 Å². The van der Waals surface area contributed by atoms with Gasteiger partial charge in [-0.25, -0.2) is 0 Å². The van der Waals surface area contributed by atoms with E-state index in [-0.39, 0.29) is 0 Å². The van der Waals surface area contributed by atoms with Crippen LogP contribution in [0.25, 0.3) is 0 Å². The van der Waals surface area contributed by atoms with Crippen LogP contribution in [-0.4, -0.2) is 12.2 Å². The van der Waals surface area contributed by atoms with E-state index in [1.165, 1.54) is 0 Å². The summed E-state index contributed by atoms with van der Waals surface area (Å²) in [6.07, 6.45) is -0.573. The highest BCUT2D eigenvalue weighted by Gasteiger charge is 2.11. The van der Waals surface area contributed by atoms with Crippen LogP contribution in [0.3, 0.4) is 0 Å². The van der Waals surface area contributed by atoms with Gasteiger partial charge in [-0.2, -0.15) is 0 Å². The smallest absolute Gasteiger partial charge is 0.126 e. The Morgan fingerprint density at radius 2 is 1.90 bits per heavy atom. The fourth-order valence-electron chi connectivity index (χ4n) is 1.96. The van der Waals surface area contributed by atoms with Crippen molar-refractivity contribution in [1.29, 1.82) is 0 Å². The molecule has 3 nitrogen and oxygen atoms in total. The fraction of sp³-hybridized carbons (Fsp3) is 0.250. The molecular weight excluding hydrogens is 320 g/mol. The molecule has 1 unspecified atom stereocenters. The quantitative estimate of drug-likeness (QED) is 0.893. The molecule has 2 aromatic rings. The topological polar surface area (TPSA) is 38.7 Å². The summed E-state index contributed by atoms with van der Waals surface area (Å²) < 4.78 is 12.0. The molecule has 0 aliphatic rings. The van der Waals surface area contributed by atoms with Gasteiger partial charge in [-0.3, -0.25) is 0 Å². The van der Waals surface area contributed by atoms with Crippen LogP contribution in [0.5, 0.6) is 11.5 Å². The van der Waals surface area contributed by atoms with Crippen LogP contribution in [0, 0.1) is 0 Å². The van der Waals surface area contributed by atoms with E-state index in [0.29, 0.717) is 12.4 Å². The minimum absolute atomic E-state index is 0.389. The second-order valence-corrected chi connectivity index (χ2v) is 5.37. The van der Waals surface area contributed by atoms with E-state index in [1.807, 2.05) is 42.5 Å². The number of para-hydroxylation sites is 1. The number of hydrogen-bond donors (Lipinski definition) is 1. The molecule has 1 N–H and O–H groups in total. The Bertz CT molecular complexity index is 582. The third-order valence-corrected chi connectivity index (χ3v) is 3.49. The molecule has 2 rings (SSSR count). The molecule has 0 aliphatic heterocycles. The number of hydrogen-bond acceptors (Lipinski definition) is 3. The molecule has 0 heterocycles. The number of halogens is 1. The molecule has 0 amide bonds.